The van der Waals surface area contributed by atoms with Crippen LogP contribution < -0.4 is 4.90 Å². The summed E-state index contributed by atoms with van der Waals surface area (Å²) in [5.41, 5.74) is 0.981. The summed E-state index contributed by atoms with van der Waals surface area (Å²) in [6.07, 6.45) is 4.02. The minimum absolute atomic E-state index is 0.344. The van der Waals surface area contributed by atoms with Crippen LogP contribution in [0.1, 0.15) is 19.5 Å². The highest BCUT2D eigenvalue weighted by atomic mass is 16.5. The van der Waals surface area contributed by atoms with Crippen molar-refractivity contribution in [3.05, 3.63) is 18.1 Å². The zero-order valence-corrected chi connectivity index (χ0v) is 14.6. The van der Waals surface area contributed by atoms with Crippen molar-refractivity contribution >= 4 is 5.82 Å². The molecular formula is C17H29N5O. The van der Waals surface area contributed by atoms with Gasteiger partial charge in [0.15, 0.2) is 0 Å². The van der Waals surface area contributed by atoms with Crippen molar-refractivity contribution in [2.45, 2.75) is 32.9 Å². The van der Waals surface area contributed by atoms with Crippen LogP contribution in [-0.2, 0) is 4.74 Å². The van der Waals surface area contributed by atoms with Crippen LogP contribution in [0.3, 0.4) is 0 Å². The van der Waals surface area contributed by atoms with Gasteiger partial charge >= 0.3 is 0 Å². The van der Waals surface area contributed by atoms with E-state index < -0.39 is 0 Å². The number of morpholine rings is 1. The van der Waals surface area contributed by atoms with E-state index in [0.717, 1.165) is 63.9 Å². The standard InChI is InChI=1S/C17H29N5O/c1-14(2)22-8-9-23-16(13-22)12-20-4-6-21(7-5-20)17-11-18-10-15(3)19-17/h10-11,14,16H,4-9,12-13H2,1-3H3. The molecule has 0 spiro atoms. The van der Waals surface area contributed by atoms with Crippen LogP contribution in [0.4, 0.5) is 5.82 Å². The molecule has 0 aromatic carbocycles. The molecule has 0 N–H and O–H groups in total. The molecule has 2 aliphatic rings. The van der Waals surface area contributed by atoms with Crippen LogP contribution >= 0.6 is 0 Å². The van der Waals surface area contributed by atoms with Crippen molar-refractivity contribution in [3.8, 4) is 0 Å². The minimum Gasteiger partial charge on any atom is -0.374 e. The van der Waals surface area contributed by atoms with Crippen molar-refractivity contribution < 1.29 is 4.74 Å². The van der Waals surface area contributed by atoms with E-state index in [-0.39, 0.29) is 0 Å². The van der Waals surface area contributed by atoms with Gasteiger partial charge in [0.1, 0.15) is 5.82 Å². The lowest BCUT2D eigenvalue weighted by molar-refractivity contribution is -0.0525. The van der Waals surface area contributed by atoms with Crippen LogP contribution in [0, 0.1) is 6.92 Å². The average molecular weight is 319 g/mol. The number of piperazine rings is 1. The van der Waals surface area contributed by atoms with Gasteiger partial charge in [-0.25, -0.2) is 4.98 Å². The van der Waals surface area contributed by atoms with Gasteiger partial charge in [-0.3, -0.25) is 14.8 Å². The third-order valence-electron chi connectivity index (χ3n) is 4.80. The van der Waals surface area contributed by atoms with Crippen molar-refractivity contribution in [2.75, 3.05) is 57.3 Å². The highest BCUT2D eigenvalue weighted by Gasteiger charge is 2.26. The number of nitrogens with zero attached hydrogens (tertiary/aromatic N) is 5. The molecule has 0 aliphatic carbocycles. The monoisotopic (exact) mass is 319 g/mol. The normalized spacial score (nSPS) is 24.3. The lowest BCUT2D eigenvalue weighted by Gasteiger charge is -2.40. The first kappa shape index (κ1) is 16.6. The molecule has 2 fully saturated rings. The molecule has 6 nitrogen and oxygen atoms in total. The summed E-state index contributed by atoms with van der Waals surface area (Å²) in [6.45, 7) is 14.7. The summed E-state index contributed by atoms with van der Waals surface area (Å²) in [4.78, 5) is 16.2. The Morgan fingerprint density at radius 2 is 1.96 bits per heavy atom. The summed E-state index contributed by atoms with van der Waals surface area (Å²) in [5, 5.41) is 0. The number of ether oxygens (including phenoxy) is 1. The lowest BCUT2D eigenvalue weighted by Crippen LogP contribution is -2.53. The van der Waals surface area contributed by atoms with E-state index in [4.69, 9.17) is 4.74 Å². The Hall–Kier alpha value is -1.24. The van der Waals surface area contributed by atoms with E-state index in [9.17, 15) is 0 Å². The Kier molecular flexibility index (Phi) is 5.46. The first-order valence-electron chi connectivity index (χ1n) is 8.73. The molecule has 1 aromatic rings. The van der Waals surface area contributed by atoms with Gasteiger partial charge in [-0.1, -0.05) is 0 Å². The maximum absolute atomic E-state index is 5.97. The SMILES string of the molecule is Cc1cncc(N2CCN(CC3CN(C(C)C)CCO3)CC2)n1. The summed E-state index contributed by atoms with van der Waals surface area (Å²) in [5.74, 6) is 1.00. The molecule has 0 bridgehead atoms. The Bertz CT molecular complexity index is 502. The highest BCUT2D eigenvalue weighted by molar-refractivity contribution is 5.36. The number of hydrogen-bond donors (Lipinski definition) is 0. The van der Waals surface area contributed by atoms with Crippen molar-refractivity contribution in [1.29, 1.82) is 0 Å². The Morgan fingerprint density at radius 3 is 2.65 bits per heavy atom. The van der Waals surface area contributed by atoms with E-state index in [0.29, 0.717) is 12.1 Å². The van der Waals surface area contributed by atoms with Gasteiger partial charge in [-0.15, -0.1) is 0 Å². The molecule has 2 saturated heterocycles. The Balaban J connectivity index is 1.47. The highest BCUT2D eigenvalue weighted by Crippen LogP contribution is 2.15. The van der Waals surface area contributed by atoms with Gasteiger partial charge < -0.3 is 9.64 Å². The largest absolute Gasteiger partial charge is 0.374 e. The molecule has 2 aliphatic heterocycles. The van der Waals surface area contributed by atoms with Gasteiger partial charge in [0.05, 0.1) is 24.6 Å². The summed E-state index contributed by atoms with van der Waals surface area (Å²) in [6, 6.07) is 0.609. The van der Waals surface area contributed by atoms with Gasteiger partial charge in [0.2, 0.25) is 0 Å². The molecule has 3 rings (SSSR count). The molecular weight excluding hydrogens is 290 g/mol. The first-order valence-corrected chi connectivity index (χ1v) is 8.73. The molecule has 1 atom stereocenters. The van der Waals surface area contributed by atoms with E-state index in [1.807, 2.05) is 13.1 Å². The quantitative estimate of drug-likeness (QED) is 0.825. The minimum atomic E-state index is 0.344. The topological polar surface area (TPSA) is 44.7 Å². The van der Waals surface area contributed by atoms with Gasteiger partial charge in [0.25, 0.3) is 0 Å². The van der Waals surface area contributed by atoms with Crippen molar-refractivity contribution in [2.24, 2.45) is 0 Å². The summed E-state index contributed by atoms with van der Waals surface area (Å²) < 4.78 is 5.97. The second-order valence-corrected chi connectivity index (χ2v) is 6.89. The predicted octanol–water partition coefficient (Wildman–Crippen LogP) is 1.02. The smallest absolute Gasteiger partial charge is 0.147 e. The molecule has 3 heterocycles. The molecule has 128 valence electrons. The van der Waals surface area contributed by atoms with Gasteiger partial charge in [-0.05, 0) is 20.8 Å². The van der Waals surface area contributed by atoms with E-state index in [2.05, 4.69) is 38.5 Å². The first-order chi connectivity index (χ1) is 11.1. The third-order valence-corrected chi connectivity index (χ3v) is 4.80. The predicted molar refractivity (Wildman–Crippen MR) is 91.9 cm³/mol. The lowest BCUT2D eigenvalue weighted by atomic mass is 10.2. The van der Waals surface area contributed by atoms with Crippen molar-refractivity contribution in [1.82, 2.24) is 19.8 Å². The number of aromatic nitrogens is 2. The zero-order chi connectivity index (χ0) is 16.2. The van der Waals surface area contributed by atoms with Crippen LogP contribution in [0.15, 0.2) is 12.4 Å². The van der Waals surface area contributed by atoms with Crippen LogP contribution in [0.2, 0.25) is 0 Å². The summed E-state index contributed by atoms with van der Waals surface area (Å²) in [7, 11) is 0. The number of rotatable bonds is 4. The molecule has 0 radical (unpaired) electrons. The molecule has 23 heavy (non-hydrogen) atoms. The molecule has 1 unspecified atom stereocenters. The van der Waals surface area contributed by atoms with Gasteiger partial charge in [0, 0.05) is 58.1 Å². The second-order valence-electron chi connectivity index (χ2n) is 6.89. The maximum Gasteiger partial charge on any atom is 0.147 e. The van der Waals surface area contributed by atoms with Crippen LogP contribution in [-0.4, -0.2) is 84.3 Å². The second kappa shape index (κ2) is 7.55. The van der Waals surface area contributed by atoms with Crippen LogP contribution in [0.25, 0.3) is 0 Å². The zero-order valence-electron chi connectivity index (χ0n) is 14.6. The Morgan fingerprint density at radius 1 is 1.17 bits per heavy atom. The third kappa shape index (κ3) is 4.40. The molecule has 6 heteroatoms. The fraction of sp³-hybridized carbons (Fsp3) is 0.765. The van der Waals surface area contributed by atoms with Crippen molar-refractivity contribution in [3.63, 3.8) is 0 Å². The fourth-order valence-corrected chi connectivity index (χ4v) is 3.37. The number of hydrogen-bond acceptors (Lipinski definition) is 6. The maximum atomic E-state index is 5.97. The molecule has 1 aromatic heterocycles. The number of aryl methyl sites for hydroxylation is 1. The van der Waals surface area contributed by atoms with E-state index >= 15 is 0 Å². The summed E-state index contributed by atoms with van der Waals surface area (Å²) >= 11 is 0. The van der Waals surface area contributed by atoms with E-state index in [1.54, 1.807) is 6.20 Å². The number of anilines is 1. The molecule has 0 amide bonds. The molecule has 0 saturated carbocycles. The van der Waals surface area contributed by atoms with Crippen LogP contribution in [0.5, 0.6) is 0 Å². The average Bonchev–Trinajstić information content (AvgIpc) is 2.56. The Labute approximate surface area is 139 Å². The van der Waals surface area contributed by atoms with Gasteiger partial charge in [-0.2, -0.15) is 0 Å². The van der Waals surface area contributed by atoms with E-state index in [1.165, 1.54) is 0 Å². The fourth-order valence-electron chi connectivity index (χ4n) is 3.37.